The van der Waals surface area contributed by atoms with Crippen molar-refractivity contribution in [1.82, 2.24) is 10.3 Å². The van der Waals surface area contributed by atoms with Crippen LogP contribution < -0.4 is 10.2 Å². The van der Waals surface area contributed by atoms with Gasteiger partial charge in [0.1, 0.15) is 0 Å². The smallest absolute Gasteiger partial charge is 0.338 e. The average Bonchev–Trinajstić information content (AvgIpc) is 2.88. The summed E-state index contributed by atoms with van der Waals surface area (Å²) in [6.45, 7) is 2.42. The van der Waals surface area contributed by atoms with Gasteiger partial charge in [-0.05, 0) is 72.6 Å². The first-order valence-electron chi connectivity index (χ1n) is 10.9. The number of benzene rings is 3. The Bertz CT molecular complexity index is 1380. The number of rotatable bonds is 6. The molecule has 1 N–H and O–H groups in total. The number of carbonyl (C=O) groups is 2. The Hall–Kier alpha value is -3.81. The molecule has 6 nitrogen and oxygen atoms in total. The summed E-state index contributed by atoms with van der Waals surface area (Å²) in [5.41, 5.74) is 2.49. The molecule has 0 unspecified atom stereocenters. The van der Waals surface area contributed by atoms with E-state index in [4.69, 9.17) is 28.6 Å². The molecule has 0 atom stereocenters. The zero-order valence-electron chi connectivity index (χ0n) is 18.9. The number of carbonyl (C=O) groups excluding carboxylic acids is 2. The standard InChI is InChI=1S/C27H22ClN3O3S/c1-2-34-26(33)19-11-13-20(14-12-19)31(17-18-6-5-15-29-16-18)27(35)30-25(32)23-9-3-8-22-21(23)7-4-10-24(22)28/h3-16H,2,17H2,1H3,(H,30,32,35). The highest BCUT2D eigenvalue weighted by molar-refractivity contribution is 7.80. The van der Waals surface area contributed by atoms with Crippen LogP contribution in [-0.2, 0) is 11.3 Å². The summed E-state index contributed by atoms with van der Waals surface area (Å²) in [5.74, 6) is -0.745. The number of pyridine rings is 1. The van der Waals surface area contributed by atoms with Crippen molar-refractivity contribution in [1.29, 1.82) is 0 Å². The first-order valence-corrected chi connectivity index (χ1v) is 11.7. The third-order valence-electron chi connectivity index (χ3n) is 5.33. The van der Waals surface area contributed by atoms with Crippen LogP contribution in [0.5, 0.6) is 0 Å². The summed E-state index contributed by atoms with van der Waals surface area (Å²) in [7, 11) is 0. The van der Waals surface area contributed by atoms with Crippen molar-refractivity contribution < 1.29 is 14.3 Å². The molecule has 4 aromatic rings. The van der Waals surface area contributed by atoms with E-state index in [1.165, 1.54) is 0 Å². The van der Waals surface area contributed by atoms with Gasteiger partial charge < -0.3 is 9.64 Å². The summed E-state index contributed by atoms with van der Waals surface area (Å²) < 4.78 is 5.06. The van der Waals surface area contributed by atoms with E-state index in [-0.39, 0.29) is 11.0 Å². The van der Waals surface area contributed by atoms with Gasteiger partial charge in [-0.15, -0.1) is 0 Å². The lowest BCUT2D eigenvalue weighted by molar-refractivity contribution is 0.0526. The van der Waals surface area contributed by atoms with Gasteiger partial charge in [-0.25, -0.2) is 4.79 Å². The molecular formula is C27H22ClN3O3S. The fourth-order valence-corrected chi connectivity index (χ4v) is 4.15. The summed E-state index contributed by atoms with van der Waals surface area (Å²) >= 11 is 12.0. The van der Waals surface area contributed by atoms with E-state index >= 15 is 0 Å². The monoisotopic (exact) mass is 503 g/mol. The van der Waals surface area contributed by atoms with Crippen LogP contribution >= 0.6 is 23.8 Å². The molecule has 4 rings (SSSR count). The van der Waals surface area contributed by atoms with Crippen LogP contribution in [0.3, 0.4) is 0 Å². The number of esters is 1. The number of ether oxygens (including phenoxy) is 1. The number of hydrogen-bond acceptors (Lipinski definition) is 5. The number of amides is 1. The Morgan fingerprint density at radius 1 is 1.00 bits per heavy atom. The Morgan fingerprint density at radius 3 is 2.46 bits per heavy atom. The molecule has 0 radical (unpaired) electrons. The minimum Gasteiger partial charge on any atom is -0.462 e. The molecule has 8 heteroatoms. The Morgan fingerprint density at radius 2 is 1.74 bits per heavy atom. The number of anilines is 1. The van der Waals surface area contributed by atoms with Gasteiger partial charge in [0.15, 0.2) is 5.11 Å². The maximum atomic E-state index is 13.2. The minimum absolute atomic E-state index is 0.210. The summed E-state index contributed by atoms with van der Waals surface area (Å²) in [4.78, 5) is 31.2. The molecule has 0 spiro atoms. The van der Waals surface area contributed by atoms with Crippen molar-refractivity contribution in [3.63, 3.8) is 0 Å². The molecule has 0 bridgehead atoms. The fraction of sp³-hybridized carbons (Fsp3) is 0.111. The SMILES string of the molecule is CCOC(=O)c1ccc(N(Cc2cccnc2)C(=S)NC(=O)c2cccc3c(Cl)cccc23)cc1. The second-order valence-electron chi connectivity index (χ2n) is 7.61. The van der Waals surface area contributed by atoms with Crippen LogP contribution in [-0.4, -0.2) is 28.6 Å². The van der Waals surface area contributed by atoms with Gasteiger partial charge >= 0.3 is 5.97 Å². The van der Waals surface area contributed by atoms with E-state index < -0.39 is 5.97 Å². The summed E-state index contributed by atoms with van der Waals surface area (Å²) in [6.07, 6.45) is 3.42. The number of hydrogen-bond donors (Lipinski definition) is 1. The highest BCUT2D eigenvalue weighted by Crippen LogP contribution is 2.26. The van der Waals surface area contributed by atoms with Gasteiger partial charge in [0.05, 0.1) is 18.7 Å². The molecule has 0 fully saturated rings. The van der Waals surface area contributed by atoms with E-state index in [0.29, 0.717) is 35.0 Å². The molecule has 0 saturated carbocycles. The van der Waals surface area contributed by atoms with Crippen LogP contribution in [0.4, 0.5) is 5.69 Å². The minimum atomic E-state index is -0.400. The molecule has 35 heavy (non-hydrogen) atoms. The van der Waals surface area contributed by atoms with Crippen LogP contribution in [0, 0.1) is 0 Å². The highest BCUT2D eigenvalue weighted by atomic mass is 35.5. The predicted molar refractivity (Wildman–Crippen MR) is 142 cm³/mol. The highest BCUT2D eigenvalue weighted by Gasteiger charge is 2.19. The molecule has 1 heterocycles. The Labute approximate surface area is 213 Å². The van der Waals surface area contributed by atoms with Gasteiger partial charge in [-0.1, -0.05) is 41.9 Å². The van der Waals surface area contributed by atoms with E-state index in [9.17, 15) is 9.59 Å². The van der Waals surface area contributed by atoms with Gasteiger partial charge in [0.25, 0.3) is 5.91 Å². The lowest BCUT2D eigenvalue weighted by Gasteiger charge is -2.26. The van der Waals surface area contributed by atoms with E-state index in [0.717, 1.165) is 16.3 Å². The molecule has 0 aliphatic heterocycles. The van der Waals surface area contributed by atoms with Crippen molar-refractivity contribution in [3.05, 3.63) is 107 Å². The van der Waals surface area contributed by atoms with E-state index in [1.807, 2.05) is 24.3 Å². The van der Waals surface area contributed by atoms with Gasteiger partial charge in [-0.2, -0.15) is 0 Å². The summed E-state index contributed by atoms with van der Waals surface area (Å²) in [6, 6.07) is 21.4. The molecule has 1 aromatic heterocycles. The molecule has 176 valence electrons. The number of thiocarbonyl (C=S) groups is 1. The third-order valence-corrected chi connectivity index (χ3v) is 5.98. The molecule has 0 aliphatic rings. The summed E-state index contributed by atoms with van der Waals surface area (Å²) in [5, 5.41) is 5.15. The van der Waals surface area contributed by atoms with Gasteiger partial charge in [0.2, 0.25) is 0 Å². The zero-order valence-corrected chi connectivity index (χ0v) is 20.5. The number of halogens is 1. The maximum absolute atomic E-state index is 13.2. The normalized spacial score (nSPS) is 10.6. The van der Waals surface area contributed by atoms with Gasteiger partial charge in [0, 0.05) is 34.1 Å². The predicted octanol–water partition coefficient (Wildman–Crippen LogP) is 5.79. The molecular weight excluding hydrogens is 482 g/mol. The first-order chi connectivity index (χ1) is 17.0. The number of fused-ring (bicyclic) bond motifs is 1. The van der Waals surface area contributed by atoms with Crippen molar-refractivity contribution >= 4 is 57.3 Å². The number of nitrogens with zero attached hydrogens (tertiary/aromatic N) is 2. The Balaban J connectivity index is 1.62. The number of aromatic nitrogens is 1. The lowest BCUT2D eigenvalue weighted by Crippen LogP contribution is -2.42. The fourth-order valence-electron chi connectivity index (χ4n) is 3.65. The van der Waals surface area contributed by atoms with Crippen molar-refractivity contribution in [3.8, 4) is 0 Å². The second-order valence-corrected chi connectivity index (χ2v) is 8.41. The lowest BCUT2D eigenvalue weighted by atomic mass is 10.0. The second kappa shape index (κ2) is 11.1. The first kappa shape index (κ1) is 24.3. The van der Waals surface area contributed by atoms with Crippen LogP contribution in [0.2, 0.25) is 5.02 Å². The molecule has 0 aliphatic carbocycles. The van der Waals surface area contributed by atoms with E-state index in [1.54, 1.807) is 72.7 Å². The van der Waals surface area contributed by atoms with E-state index in [2.05, 4.69) is 10.3 Å². The topological polar surface area (TPSA) is 71.5 Å². The van der Waals surface area contributed by atoms with Crippen LogP contribution in [0.1, 0.15) is 33.2 Å². The number of nitrogens with one attached hydrogen (secondary N) is 1. The average molecular weight is 504 g/mol. The van der Waals surface area contributed by atoms with Crippen molar-refractivity contribution in [2.45, 2.75) is 13.5 Å². The molecule has 0 saturated heterocycles. The van der Waals surface area contributed by atoms with Crippen molar-refractivity contribution in [2.24, 2.45) is 0 Å². The largest absolute Gasteiger partial charge is 0.462 e. The van der Waals surface area contributed by atoms with Gasteiger partial charge in [-0.3, -0.25) is 15.1 Å². The van der Waals surface area contributed by atoms with Crippen molar-refractivity contribution in [2.75, 3.05) is 11.5 Å². The Kier molecular flexibility index (Phi) is 7.70. The third kappa shape index (κ3) is 5.65. The maximum Gasteiger partial charge on any atom is 0.338 e. The molecule has 3 aromatic carbocycles. The zero-order chi connectivity index (χ0) is 24.8. The molecule has 1 amide bonds. The van der Waals surface area contributed by atoms with Crippen LogP contribution in [0.15, 0.2) is 85.2 Å². The van der Waals surface area contributed by atoms with Crippen LogP contribution in [0.25, 0.3) is 10.8 Å². The quantitative estimate of drug-likeness (QED) is 0.265.